The van der Waals surface area contributed by atoms with Crippen LogP contribution in [0.2, 0.25) is 0 Å². The molecular formula is C7H11NO2. The van der Waals surface area contributed by atoms with Crippen LogP contribution in [0.4, 0.5) is 0 Å². The summed E-state index contributed by atoms with van der Waals surface area (Å²) in [4.78, 5) is 21.7. The van der Waals surface area contributed by atoms with Gasteiger partial charge in [0.25, 0.3) is 0 Å². The second-order valence-electron chi connectivity index (χ2n) is 2.68. The molecule has 0 spiro atoms. The van der Waals surface area contributed by atoms with E-state index in [1.165, 1.54) is 0 Å². The number of carbonyl (C=O) groups excluding carboxylic acids is 2. The first-order valence-electron chi connectivity index (χ1n) is 3.49. The van der Waals surface area contributed by atoms with Crippen LogP contribution in [-0.2, 0) is 9.59 Å². The zero-order valence-electron chi connectivity index (χ0n) is 6.02. The Bertz CT molecular complexity index is 165. The first-order valence-corrected chi connectivity index (χ1v) is 3.49. The van der Waals surface area contributed by atoms with Gasteiger partial charge in [-0.3, -0.25) is 9.59 Å². The van der Waals surface area contributed by atoms with Crippen LogP contribution in [-0.4, -0.2) is 18.2 Å². The number of hydrogen-bond donors (Lipinski definition) is 1. The van der Waals surface area contributed by atoms with Gasteiger partial charge < -0.3 is 5.32 Å². The molecule has 3 heteroatoms. The van der Waals surface area contributed by atoms with Crippen LogP contribution in [0, 0.1) is 5.92 Å². The minimum absolute atomic E-state index is 0.00542. The van der Waals surface area contributed by atoms with Crippen LogP contribution in [0.3, 0.4) is 0 Å². The Hall–Kier alpha value is -0.860. The Morgan fingerprint density at radius 3 is 2.90 bits per heavy atom. The number of rotatable bonds is 0. The zero-order valence-corrected chi connectivity index (χ0v) is 6.02. The lowest BCUT2D eigenvalue weighted by molar-refractivity contribution is -0.126. The Kier molecular flexibility index (Phi) is 2.04. The molecule has 1 fully saturated rings. The van der Waals surface area contributed by atoms with E-state index in [0.29, 0.717) is 19.4 Å². The van der Waals surface area contributed by atoms with Crippen LogP contribution < -0.4 is 5.32 Å². The molecule has 1 aliphatic rings. The number of ketones is 1. The fraction of sp³-hybridized carbons (Fsp3) is 0.714. The Balaban J connectivity index is 2.57. The molecule has 1 aliphatic heterocycles. The molecule has 56 valence electrons. The van der Waals surface area contributed by atoms with E-state index in [4.69, 9.17) is 0 Å². The van der Waals surface area contributed by atoms with Crippen molar-refractivity contribution < 1.29 is 9.59 Å². The normalized spacial score (nSPS) is 27.5. The van der Waals surface area contributed by atoms with Crippen LogP contribution in [0.25, 0.3) is 0 Å². The van der Waals surface area contributed by atoms with Gasteiger partial charge in [-0.25, -0.2) is 0 Å². The molecule has 1 saturated heterocycles. The smallest absolute Gasteiger partial charge is 0.223 e. The third kappa shape index (κ3) is 1.56. The predicted molar refractivity (Wildman–Crippen MR) is 36.4 cm³/mol. The Labute approximate surface area is 59.8 Å². The van der Waals surface area contributed by atoms with Crippen molar-refractivity contribution in [3.8, 4) is 0 Å². The SMILES string of the molecule is CC1CC(=O)CCNC1=O. The van der Waals surface area contributed by atoms with Gasteiger partial charge in [-0.05, 0) is 0 Å². The van der Waals surface area contributed by atoms with Crippen LogP contribution in [0.5, 0.6) is 0 Å². The van der Waals surface area contributed by atoms with E-state index in [-0.39, 0.29) is 17.6 Å². The van der Waals surface area contributed by atoms with Gasteiger partial charge in [-0.2, -0.15) is 0 Å². The van der Waals surface area contributed by atoms with E-state index in [1.54, 1.807) is 6.92 Å². The monoisotopic (exact) mass is 141 g/mol. The van der Waals surface area contributed by atoms with Gasteiger partial charge in [0, 0.05) is 25.3 Å². The highest BCUT2D eigenvalue weighted by Crippen LogP contribution is 2.07. The first-order chi connectivity index (χ1) is 4.70. The van der Waals surface area contributed by atoms with Crippen molar-refractivity contribution in [1.82, 2.24) is 5.32 Å². The summed E-state index contributed by atoms with van der Waals surface area (Å²) >= 11 is 0. The quantitative estimate of drug-likeness (QED) is 0.520. The molecule has 3 nitrogen and oxygen atoms in total. The topological polar surface area (TPSA) is 46.2 Å². The van der Waals surface area contributed by atoms with Crippen molar-refractivity contribution in [2.45, 2.75) is 19.8 Å². The number of carbonyl (C=O) groups is 2. The third-order valence-electron chi connectivity index (χ3n) is 1.68. The van der Waals surface area contributed by atoms with E-state index in [9.17, 15) is 9.59 Å². The van der Waals surface area contributed by atoms with Crippen molar-refractivity contribution in [2.75, 3.05) is 6.54 Å². The van der Waals surface area contributed by atoms with Gasteiger partial charge in [0.05, 0.1) is 0 Å². The van der Waals surface area contributed by atoms with Crippen molar-refractivity contribution in [3.63, 3.8) is 0 Å². The average Bonchev–Trinajstić information content (AvgIpc) is 1.96. The average molecular weight is 141 g/mol. The molecule has 0 aromatic rings. The Morgan fingerprint density at radius 2 is 2.20 bits per heavy atom. The lowest BCUT2D eigenvalue weighted by Crippen LogP contribution is -2.26. The highest BCUT2D eigenvalue weighted by molar-refractivity contribution is 5.88. The molecule has 1 rings (SSSR count). The summed E-state index contributed by atoms with van der Waals surface area (Å²) in [5, 5.41) is 2.66. The van der Waals surface area contributed by atoms with E-state index in [2.05, 4.69) is 5.32 Å². The first kappa shape index (κ1) is 7.25. The van der Waals surface area contributed by atoms with Gasteiger partial charge in [0.2, 0.25) is 5.91 Å². The van der Waals surface area contributed by atoms with E-state index >= 15 is 0 Å². The zero-order chi connectivity index (χ0) is 7.56. The summed E-state index contributed by atoms with van der Waals surface area (Å²) < 4.78 is 0. The van der Waals surface area contributed by atoms with E-state index < -0.39 is 0 Å². The second kappa shape index (κ2) is 2.82. The summed E-state index contributed by atoms with van der Waals surface area (Å²) in [6, 6.07) is 0. The molecule has 10 heavy (non-hydrogen) atoms. The molecule has 1 unspecified atom stereocenters. The van der Waals surface area contributed by atoms with Gasteiger partial charge in [0.15, 0.2) is 0 Å². The van der Waals surface area contributed by atoms with Crippen molar-refractivity contribution >= 4 is 11.7 Å². The fourth-order valence-electron chi connectivity index (χ4n) is 1.04. The highest BCUT2D eigenvalue weighted by atomic mass is 16.2. The Morgan fingerprint density at radius 1 is 1.50 bits per heavy atom. The minimum Gasteiger partial charge on any atom is -0.355 e. The summed E-state index contributed by atoms with van der Waals surface area (Å²) in [7, 11) is 0. The molecule has 0 aromatic carbocycles. The van der Waals surface area contributed by atoms with Crippen LogP contribution >= 0.6 is 0 Å². The summed E-state index contributed by atoms with van der Waals surface area (Å²) in [6.07, 6.45) is 0.905. The molecule has 0 bridgehead atoms. The number of Topliss-reactive ketones (excluding diaryl/α,β-unsaturated/α-hetero) is 1. The van der Waals surface area contributed by atoms with Gasteiger partial charge >= 0.3 is 0 Å². The standard InChI is InChI=1S/C7H11NO2/c1-5-4-6(9)2-3-8-7(5)10/h5H,2-4H2,1H3,(H,8,10). The number of nitrogens with one attached hydrogen (secondary N) is 1. The maximum atomic E-state index is 10.9. The number of amides is 1. The van der Waals surface area contributed by atoms with Crippen molar-refractivity contribution in [3.05, 3.63) is 0 Å². The summed E-state index contributed by atoms with van der Waals surface area (Å²) in [5.41, 5.74) is 0. The van der Waals surface area contributed by atoms with Gasteiger partial charge in [-0.1, -0.05) is 6.92 Å². The number of hydrogen-bond acceptors (Lipinski definition) is 2. The molecule has 0 radical (unpaired) electrons. The molecule has 1 atom stereocenters. The second-order valence-corrected chi connectivity index (χ2v) is 2.68. The van der Waals surface area contributed by atoms with Gasteiger partial charge in [-0.15, -0.1) is 0 Å². The van der Waals surface area contributed by atoms with Gasteiger partial charge in [0.1, 0.15) is 5.78 Å². The van der Waals surface area contributed by atoms with E-state index in [0.717, 1.165) is 0 Å². The maximum absolute atomic E-state index is 10.9. The van der Waals surface area contributed by atoms with Crippen molar-refractivity contribution in [2.24, 2.45) is 5.92 Å². The summed E-state index contributed by atoms with van der Waals surface area (Å²) in [6.45, 7) is 2.29. The molecule has 0 aromatic heterocycles. The molecule has 1 N–H and O–H groups in total. The maximum Gasteiger partial charge on any atom is 0.223 e. The molecule has 1 heterocycles. The molecule has 0 saturated carbocycles. The highest BCUT2D eigenvalue weighted by Gasteiger charge is 2.19. The van der Waals surface area contributed by atoms with Crippen LogP contribution in [0.1, 0.15) is 19.8 Å². The molecule has 1 amide bonds. The molecular weight excluding hydrogens is 130 g/mol. The lowest BCUT2D eigenvalue weighted by Gasteiger charge is -2.02. The fourth-order valence-corrected chi connectivity index (χ4v) is 1.04. The minimum atomic E-state index is -0.130. The third-order valence-corrected chi connectivity index (χ3v) is 1.68. The van der Waals surface area contributed by atoms with Crippen molar-refractivity contribution in [1.29, 1.82) is 0 Å². The molecule has 0 aliphatic carbocycles. The lowest BCUT2D eigenvalue weighted by atomic mass is 10.0. The predicted octanol–water partition coefficient (Wildman–Crippen LogP) is 0.102. The summed E-state index contributed by atoms with van der Waals surface area (Å²) in [5.74, 6) is 0.0618. The largest absolute Gasteiger partial charge is 0.355 e. The van der Waals surface area contributed by atoms with E-state index in [1.807, 2.05) is 0 Å². The van der Waals surface area contributed by atoms with Crippen LogP contribution in [0.15, 0.2) is 0 Å².